The van der Waals surface area contributed by atoms with Crippen LogP contribution < -0.4 is 18.9 Å². The molecule has 3 atom stereocenters. The normalized spacial score (nSPS) is 19.0. The van der Waals surface area contributed by atoms with Crippen LogP contribution in [0.1, 0.15) is 70.8 Å². The van der Waals surface area contributed by atoms with E-state index in [1.165, 1.54) is 0 Å². The van der Waals surface area contributed by atoms with Gasteiger partial charge in [-0.15, -0.1) is 23.5 Å². The first kappa shape index (κ1) is 42.4. The number of methoxy groups -OCH3 is 4. The van der Waals surface area contributed by atoms with Crippen molar-refractivity contribution in [3.8, 4) is 23.0 Å². The topological polar surface area (TPSA) is 83.5 Å². The van der Waals surface area contributed by atoms with Crippen molar-refractivity contribution in [1.29, 1.82) is 0 Å². The number of fused-ring (bicyclic) bond motifs is 2. The van der Waals surface area contributed by atoms with Gasteiger partial charge in [-0.25, -0.2) is 0 Å². The smallest absolute Gasteiger partial charge is 0.192 e. The molecule has 10 heteroatoms. The number of ether oxygens (including phenoxy) is 4. The average molecular weight is 823 g/mol. The van der Waals surface area contributed by atoms with E-state index < -0.39 is 13.9 Å². The molecule has 7 nitrogen and oxygen atoms in total. The number of carbonyl (C=O) groups is 1. The number of carbonyl (C=O) groups excluding carboxylic acids is 1. The third-order valence-electron chi connectivity index (χ3n) is 11.5. The van der Waals surface area contributed by atoms with Crippen LogP contribution in [0.5, 0.6) is 23.0 Å². The Morgan fingerprint density at radius 1 is 0.684 bits per heavy atom. The summed E-state index contributed by atoms with van der Waals surface area (Å²) in [7, 11) is 4.72. The molecule has 5 aromatic rings. The molecule has 0 bridgehead atoms. The number of hydrogen-bond donors (Lipinski definition) is 1. The van der Waals surface area contributed by atoms with Crippen LogP contribution in [0.3, 0.4) is 0 Å². The quantitative estimate of drug-likeness (QED) is 0.138. The maximum Gasteiger partial charge on any atom is 0.192 e. The monoisotopic (exact) mass is 822 g/mol. The third-order valence-corrected chi connectivity index (χ3v) is 18.3. The van der Waals surface area contributed by atoms with Crippen molar-refractivity contribution in [3.05, 3.63) is 143 Å². The van der Waals surface area contributed by atoms with Gasteiger partial charge < -0.3 is 28.5 Å². The van der Waals surface area contributed by atoms with E-state index >= 15 is 0 Å². The minimum Gasteiger partial charge on any atom is -0.497 e. The highest BCUT2D eigenvalue weighted by Crippen LogP contribution is 2.53. The van der Waals surface area contributed by atoms with Crippen molar-refractivity contribution in [2.75, 3.05) is 39.9 Å². The summed E-state index contributed by atoms with van der Waals surface area (Å²) in [5, 5.41) is 12.8. The Labute approximate surface area is 347 Å². The van der Waals surface area contributed by atoms with Crippen molar-refractivity contribution in [2.24, 2.45) is 0 Å². The molecule has 0 saturated carbocycles. The molecule has 0 amide bonds. The van der Waals surface area contributed by atoms with E-state index in [4.69, 9.17) is 23.4 Å². The summed E-state index contributed by atoms with van der Waals surface area (Å²) in [6, 6.07) is 35.7. The van der Waals surface area contributed by atoms with E-state index in [-0.39, 0.29) is 22.7 Å². The third kappa shape index (κ3) is 9.11. The first-order valence-electron chi connectivity index (χ1n) is 19.1. The van der Waals surface area contributed by atoms with E-state index in [0.717, 1.165) is 77.7 Å². The van der Waals surface area contributed by atoms with Crippen LogP contribution in [0.4, 0.5) is 0 Å². The summed E-state index contributed by atoms with van der Waals surface area (Å²) < 4.78 is 27.7. The number of rotatable bonds is 10. The molecule has 57 heavy (non-hydrogen) atoms. The average Bonchev–Trinajstić information content (AvgIpc) is 3.23. The van der Waals surface area contributed by atoms with Crippen LogP contribution in [0.2, 0.25) is 18.1 Å². The molecule has 7 rings (SSSR count). The summed E-state index contributed by atoms with van der Waals surface area (Å²) in [5.74, 6) is 4.64. The van der Waals surface area contributed by atoms with Crippen LogP contribution in [0, 0.1) is 0 Å². The van der Waals surface area contributed by atoms with Gasteiger partial charge in [0.2, 0.25) is 0 Å². The zero-order chi connectivity index (χ0) is 41.0. The van der Waals surface area contributed by atoms with E-state index in [2.05, 4.69) is 58.1 Å². The van der Waals surface area contributed by atoms with Gasteiger partial charge in [0.25, 0.3) is 0 Å². The van der Waals surface area contributed by atoms with Crippen molar-refractivity contribution in [2.45, 2.75) is 72.7 Å². The van der Waals surface area contributed by atoms with Crippen LogP contribution in [0.25, 0.3) is 0 Å². The van der Waals surface area contributed by atoms with Crippen molar-refractivity contribution < 1.29 is 33.3 Å². The molecule has 0 spiro atoms. The first-order chi connectivity index (χ1) is 27.2. The maximum absolute atomic E-state index is 12.7. The molecule has 2 aliphatic rings. The highest BCUT2D eigenvalue weighted by Gasteiger charge is 2.46. The lowest BCUT2D eigenvalue weighted by atomic mass is 9.73. The summed E-state index contributed by atoms with van der Waals surface area (Å²) in [4.78, 5) is 14.7. The zero-order valence-corrected chi connectivity index (χ0v) is 37.0. The Bertz CT molecular complexity index is 2160. The molecule has 1 N–H and O–H groups in total. The Morgan fingerprint density at radius 2 is 1.23 bits per heavy atom. The molecule has 0 saturated heterocycles. The van der Waals surface area contributed by atoms with Crippen molar-refractivity contribution in [3.63, 3.8) is 0 Å². The van der Waals surface area contributed by atoms with Gasteiger partial charge in [-0.1, -0.05) is 75.4 Å². The number of aliphatic hydroxyl groups is 1. The summed E-state index contributed by atoms with van der Waals surface area (Å²) in [5.41, 5.74) is 4.56. The Hall–Kier alpha value is -4.19. The van der Waals surface area contributed by atoms with Gasteiger partial charge in [-0.3, -0.25) is 4.79 Å². The molecule has 5 aromatic carbocycles. The summed E-state index contributed by atoms with van der Waals surface area (Å²) in [6.07, 6.45) is 0. The van der Waals surface area contributed by atoms with E-state index in [0.29, 0.717) is 6.61 Å². The van der Waals surface area contributed by atoms with Gasteiger partial charge in [0, 0.05) is 38.3 Å². The van der Waals surface area contributed by atoms with Crippen LogP contribution in [0.15, 0.2) is 119 Å². The van der Waals surface area contributed by atoms with Crippen LogP contribution in [-0.4, -0.2) is 59.2 Å². The fraction of sp³-hybridized carbons (Fsp3) is 0.340. The highest BCUT2D eigenvalue weighted by atomic mass is 32.2. The van der Waals surface area contributed by atoms with Gasteiger partial charge in [0.15, 0.2) is 14.1 Å². The number of benzene rings is 5. The molecule has 0 aliphatic carbocycles. The van der Waals surface area contributed by atoms with E-state index in [1.807, 2.05) is 84.9 Å². The Balaban J connectivity index is 0.000000221. The number of hydrogen-bond acceptors (Lipinski definition) is 9. The standard InChI is InChI=1S/C30H38O4SSi.C17H16O3S/c1-29(2,3)36(6,7)34-19-21-9-8-10-23(17-21)30(31)26-16-15-25(33-5)18-28(26)35-20-27(30)22-11-13-24(32-4)14-12-22;1-19-12-5-3-11(4-6-12)15-10-21-16-9-13(20-2)7-8-14(16)17(15)18/h8-18,27,31H,19-20H2,1-7H3;3-9,15H,10H2,1-2H3. The second-order valence-corrected chi connectivity index (χ2v) is 22.8. The lowest BCUT2D eigenvalue weighted by Crippen LogP contribution is -2.40. The van der Waals surface area contributed by atoms with Gasteiger partial charge >= 0.3 is 0 Å². The Kier molecular flexibility index (Phi) is 13.2. The first-order valence-corrected chi connectivity index (χ1v) is 24.0. The van der Waals surface area contributed by atoms with E-state index in [1.54, 1.807) is 52.0 Å². The van der Waals surface area contributed by atoms with Crippen molar-refractivity contribution >= 4 is 37.6 Å². The molecular formula is C47H54O7S2Si. The fourth-order valence-corrected chi connectivity index (χ4v) is 10.5. The number of Topliss-reactive ketones (excluding diaryl/α,β-unsaturated/α-hetero) is 1. The molecule has 0 aromatic heterocycles. The molecule has 3 unspecified atom stereocenters. The largest absolute Gasteiger partial charge is 0.497 e. The summed E-state index contributed by atoms with van der Waals surface area (Å²) in [6.45, 7) is 11.8. The molecule has 2 heterocycles. The van der Waals surface area contributed by atoms with Gasteiger partial charge in [-0.05, 0) is 95.0 Å². The number of thioether (sulfide) groups is 2. The zero-order valence-electron chi connectivity index (χ0n) is 34.4. The van der Waals surface area contributed by atoms with Gasteiger partial charge in [0.1, 0.15) is 28.6 Å². The lowest BCUT2D eigenvalue weighted by Gasteiger charge is -2.42. The second kappa shape index (κ2) is 17.7. The molecule has 300 valence electrons. The molecule has 2 aliphatic heterocycles. The minimum absolute atomic E-state index is 0.0956. The van der Waals surface area contributed by atoms with Crippen molar-refractivity contribution in [1.82, 2.24) is 0 Å². The second-order valence-electron chi connectivity index (χ2n) is 15.9. The fourth-order valence-electron chi connectivity index (χ4n) is 6.93. The molecule has 0 fully saturated rings. The SMILES string of the molecule is COc1ccc(C2CSc3cc(OC)ccc3C2(O)c2cccc(CO[Si](C)(C)C(C)(C)C)c2)cc1.COc1ccc(C2CSc3cc(OC)ccc3C2=O)cc1. The lowest BCUT2D eigenvalue weighted by molar-refractivity contribution is 0.0521. The van der Waals surface area contributed by atoms with Crippen LogP contribution >= 0.6 is 23.5 Å². The number of ketones is 1. The maximum atomic E-state index is 12.7. The van der Waals surface area contributed by atoms with Gasteiger partial charge in [0.05, 0.1) is 41.0 Å². The molecule has 0 radical (unpaired) electrons. The highest BCUT2D eigenvalue weighted by molar-refractivity contribution is 7.99. The predicted molar refractivity (Wildman–Crippen MR) is 235 cm³/mol. The van der Waals surface area contributed by atoms with Gasteiger partial charge in [-0.2, -0.15) is 0 Å². The minimum atomic E-state index is -1.90. The predicted octanol–water partition coefficient (Wildman–Crippen LogP) is 11.1. The Morgan fingerprint density at radius 3 is 1.82 bits per heavy atom. The summed E-state index contributed by atoms with van der Waals surface area (Å²) >= 11 is 3.46. The molecular weight excluding hydrogens is 769 g/mol. The van der Waals surface area contributed by atoms with Crippen LogP contribution in [-0.2, 0) is 16.6 Å². The van der Waals surface area contributed by atoms with E-state index in [9.17, 15) is 9.90 Å².